The van der Waals surface area contributed by atoms with Crippen LogP contribution in [0.25, 0.3) is 0 Å². The van der Waals surface area contributed by atoms with Crippen LogP contribution in [0.15, 0.2) is 40.9 Å². The van der Waals surface area contributed by atoms with Gasteiger partial charge < -0.3 is 19.7 Å². The monoisotopic (exact) mass is 318 g/mol. The fraction of sp³-hybridized carbons (Fsp3) is 0.312. The van der Waals surface area contributed by atoms with Gasteiger partial charge >= 0.3 is 5.97 Å². The second kappa shape index (κ2) is 8.09. The summed E-state index contributed by atoms with van der Waals surface area (Å²) in [4.78, 5) is 23.3. The minimum Gasteiger partial charge on any atom is -0.481 e. The van der Waals surface area contributed by atoms with E-state index < -0.39 is 17.8 Å². The van der Waals surface area contributed by atoms with Gasteiger partial charge in [-0.05, 0) is 12.0 Å². The quantitative estimate of drug-likeness (QED) is 0.764. The molecule has 0 saturated carbocycles. The van der Waals surface area contributed by atoms with Crippen LogP contribution < -0.4 is 5.32 Å². The van der Waals surface area contributed by atoms with Crippen molar-refractivity contribution in [3.63, 3.8) is 0 Å². The number of hydrogen-bond donors (Lipinski definition) is 2. The van der Waals surface area contributed by atoms with E-state index in [1.807, 2.05) is 30.3 Å². The summed E-state index contributed by atoms with van der Waals surface area (Å²) in [5, 5.41) is 15.5. The van der Waals surface area contributed by atoms with E-state index in [0.29, 0.717) is 12.2 Å². The molecular formula is C16H18N2O5. The highest BCUT2D eigenvalue weighted by molar-refractivity contribution is 5.92. The maximum absolute atomic E-state index is 12.0. The lowest BCUT2D eigenvalue weighted by Crippen LogP contribution is -2.34. The third-order valence-electron chi connectivity index (χ3n) is 3.26. The van der Waals surface area contributed by atoms with Gasteiger partial charge in [0.25, 0.3) is 5.91 Å². The minimum absolute atomic E-state index is 0.00946. The van der Waals surface area contributed by atoms with Crippen molar-refractivity contribution in [3.05, 3.63) is 53.4 Å². The summed E-state index contributed by atoms with van der Waals surface area (Å²) in [6.45, 7) is 0.224. The number of carbonyl (C=O) groups is 2. The van der Waals surface area contributed by atoms with Gasteiger partial charge in [-0.2, -0.15) is 0 Å². The molecule has 2 rings (SSSR count). The van der Waals surface area contributed by atoms with E-state index in [2.05, 4.69) is 10.5 Å². The van der Waals surface area contributed by atoms with Gasteiger partial charge in [-0.1, -0.05) is 35.5 Å². The zero-order valence-electron chi connectivity index (χ0n) is 12.7. The molecule has 0 fully saturated rings. The number of aromatic nitrogens is 1. The molecule has 1 unspecified atom stereocenters. The van der Waals surface area contributed by atoms with Crippen molar-refractivity contribution in [3.8, 4) is 0 Å². The molecule has 1 atom stereocenters. The Labute approximate surface area is 133 Å². The molecule has 1 aromatic carbocycles. The van der Waals surface area contributed by atoms with Crippen molar-refractivity contribution in [1.29, 1.82) is 0 Å². The van der Waals surface area contributed by atoms with Crippen LogP contribution in [0.3, 0.4) is 0 Å². The Morgan fingerprint density at radius 1 is 1.35 bits per heavy atom. The number of nitrogens with one attached hydrogen (secondary N) is 1. The summed E-state index contributed by atoms with van der Waals surface area (Å²) in [5.74, 6) is -1.73. The number of carbonyl (C=O) groups excluding carboxylic acids is 1. The van der Waals surface area contributed by atoms with Crippen LogP contribution in [0, 0.1) is 5.92 Å². The topological polar surface area (TPSA) is 102 Å². The lowest BCUT2D eigenvalue weighted by atomic mass is 9.99. The highest BCUT2D eigenvalue weighted by atomic mass is 16.5. The summed E-state index contributed by atoms with van der Waals surface area (Å²) in [5.41, 5.74) is 0.999. The highest BCUT2D eigenvalue weighted by Gasteiger charge is 2.20. The molecule has 2 aromatic rings. The Kier molecular flexibility index (Phi) is 5.87. The van der Waals surface area contributed by atoms with E-state index in [1.165, 1.54) is 13.2 Å². The fourth-order valence-electron chi connectivity index (χ4n) is 2.08. The van der Waals surface area contributed by atoms with Gasteiger partial charge in [-0.3, -0.25) is 9.59 Å². The zero-order valence-corrected chi connectivity index (χ0v) is 12.7. The number of carboxylic acid groups (broad SMARTS) is 1. The summed E-state index contributed by atoms with van der Waals surface area (Å²) >= 11 is 0. The van der Waals surface area contributed by atoms with Crippen molar-refractivity contribution < 1.29 is 24.0 Å². The number of nitrogens with zero attached hydrogens (tertiary/aromatic N) is 1. The summed E-state index contributed by atoms with van der Waals surface area (Å²) in [7, 11) is 1.50. The third-order valence-corrected chi connectivity index (χ3v) is 3.26. The SMILES string of the molecule is COCc1cc(C(=O)NCC(Cc2ccccc2)C(=O)O)no1. The van der Waals surface area contributed by atoms with Crippen molar-refractivity contribution in [2.24, 2.45) is 5.92 Å². The van der Waals surface area contributed by atoms with E-state index >= 15 is 0 Å². The summed E-state index contributed by atoms with van der Waals surface area (Å²) in [6.07, 6.45) is 0.337. The second-order valence-corrected chi connectivity index (χ2v) is 5.05. The molecule has 1 heterocycles. The molecule has 2 N–H and O–H groups in total. The van der Waals surface area contributed by atoms with Gasteiger partial charge in [0.15, 0.2) is 11.5 Å². The average molecular weight is 318 g/mol. The van der Waals surface area contributed by atoms with Gasteiger partial charge in [0, 0.05) is 19.7 Å². The zero-order chi connectivity index (χ0) is 16.7. The molecule has 7 heteroatoms. The molecule has 122 valence electrons. The van der Waals surface area contributed by atoms with Crippen LogP contribution in [-0.2, 0) is 22.6 Å². The molecular weight excluding hydrogens is 300 g/mol. The predicted molar refractivity (Wildman–Crippen MR) is 80.8 cm³/mol. The molecule has 0 spiro atoms. The van der Waals surface area contributed by atoms with Crippen LogP contribution in [0.1, 0.15) is 21.8 Å². The first kappa shape index (κ1) is 16.7. The maximum Gasteiger partial charge on any atom is 0.308 e. The molecule has 0 aliphatic carbocycles. The van der Waals surface area contributed by atoms with E-state index in [-0.39, 0.29) is 18.8 Å². The van der Waals surface area contributed by atoms with Crippen molar-refractivity contribution >= 4 is 11.9 Å². The predicted octanol–water partition coefficient (Wildman–Crippen LogP) is 1.49. The number of benzene rings is 1. The summed E-state index contributed by atoms with van der Waals surface area (Å²) in [6, 6.07) is 10.7. The van der Waals surface area contributed by atoms with E-state index in [1.54, 1.807) is 0 Å². The largest absolute Gasteiger partial charge is 0.481 e. The normalized spacial score (nSPS) is 11.9. The number of aliphatic carboxylic acids is 1. The highest BCUT2D eigenvalue weighted by Crippen LogP contribution is 2.09. The fourth-order valence-corrected chi connectivity index (χ4v) is 2.08. The van der Waals surface area contributed by atoms with Crippen molar-refractivity contribution in [1.82, 2.24) is 10.5 Å². The van der Waals surface area contributed by atoms with Crippen LogP contribution in [0.4, 0.5) is 0 Å². The van der Waals surface area contributed by atoms with E-state index in [9.17, 15) is 14.7 Å². The first-order chi connectivity index (χ1) is 11.1. The number of amides is 1. The van der Waals surface area contributed by atoms with Crippen molar-refractivity contribution in [2.75, 3.05) is 13.7 Å². The number of methoxy groups -OCH3 is 1. The minimum atomic E-state index is -0.964. The molecule has 1 amide bonds. The Morgan fingerprint density at radius 3 is 2.74 bits per heavy atom. The maximum atomic E-state index is 12.0. The number of ether oxygens (including phenoxy) is 1. The lowest BCUT2D eigenvalue weighted by Gasteiger charge is -2.12. The first-order valence-electron chi connectivity index (χ1n) is 7.09. The van der Waals surface area contributed by atoms with Crippen LogP contribution in [-0.4, -0.2) is 35.8 Å². The molecule has 1 aromatic heterocycles. The Morgan fingerprint density at radius 2 is 2.09 bits per heavy atom. The Bertz CT molecular complexity index is 654. The van der Waals surface area contributed by atoms with Gasteiger partial charge in [0.1, 0.15) is 6.61 Å². The van der Waals surface area contributed by atoms with Gasteiger partial charge in [-0.15, -0.1) is 0 Å². The second-order valence-electron chi connectivity index (χ2n) is 5.05. The van der Waals surface area contributed by atoms with Gasteiger partial charge in [0.05, 0.1) is 5.92 Å². The molecule has 0 bridgehead atoms. The molecule has 23 heavy (non-hydrogen) atoms. The number of carboxylic acids is 1. The van der Waals surface area contributed by atoms with Gasteiger partial charge in [-0.25, -0.2) is 0 Å². The molecule has 0 saturated heterocycles. The Balaban J connectivity index is 1.92. The van der Waals surface area contributed by atoms with Crippen LogP contribution in [0.2, 0.25) is 0 Å². The molecule has 0 aliphatic heterocycles. The summed E-state index contributed by atoms with van der Waals surface area (Å²) < 4.78 is 9.80. The molecule has 0 radical (unpaired) electrons. The number of hydrogen-bond acceptors (Lipinski definition) is 5. The average Bonchev–Trinajstić information content (AvgIpc) is 3.01. The van der Waals surface area contributed by atoms with Crippen LogP contribution in [0.5, 0.6) is 0 Å². The molecule has 7 nitrogen and oxygen atoms in total. The Hall–Kier alpha value is -2.67. The molecule has 0 aliphatic rings. The third kappa shape index (κ3) is 4.93. The smallest absolute Gasteiger partial charge is 0.308 e. The number of rotatable bonds is 8. The van der Waals surface area contributed by atoms with E-state index in [4.69, 9.17) is 9.26 Å². The standard InChI is InChI=1S/C16H18N2O5/c1-22-10-13-8-14(18-23-13)15(19)17-9-12(16(20)21)7-11-5-3-2-4-6-11/h2-6,8,12H,7,9-10H2,1H3,(H,17,19)(H,20,21). The van der Waals surface area contributed by atoms with Crippen LogP contribution >= 0.6 is 0 Å². The van der Waals surface area contributed by atoms with Gasteiger partial charge in [0.2, 0.25) is 0 Å². The van der Waals surface area contributed by atoms with Crippen molar-refractivity contribution in [2.45, 2.75) is 13.0 Å². The van der Waals surface area contributed by atoms with E-state index in [0.717, 1.165) is 5.56 Å². The first-order valence-corrected chi connectivity index (χ1v) is 7.09. The lowest BCUT2D eigenvalue weighted by molar-refractivity contribution is -0.141.